The molecule has 0 saturated carbocycles. The predicted octanol–water partition coefficient (Wildman–Crippen LogP) is 2.17. The van der Waals surface area contributed by atoms with Crippen LogP contribution in [0.25, 0.3) is 0 Å². The Morgan fingerprint density at radius 3 is 2.48 bits per heavy atom. The zero-order valence-electron chi connectivity index (χ0n) is 12.4. The van der Waals surface area contributed by atoms with Crippen LogP contribution in [0.4, 0.5) is 0 Å². The Morgan fingerprint density at radius 1 is 1.19 bits per heavy atom. The van der Waals surface area contributed by atoms with Crippen LogP contribution in [0.2, 0.25) is 0 Å². The molecule has 1 aromatic carbocycles. The standard InChI is InChI=1S/C15H20N2O3S/c1-12-7-4-5-9-15(12)21(18,19)16-11-13(17(2)3)14-8-6-10-20-14/h4-10,13,16H,11H2,1-3H3. The average molecular weight is 308 g/mol. The van der Waals surface area contributed by atoms with Crippen molar-refractivity contribution in [3.8, 4) is 0 Å². The first-order valence-corrected chi connectivity index (χ1v) is 8.15. The molecule has 2 aromatic rings. The molecule has 21 heavy (non-hydrogen) atoms. The molecule has 1 aromatic heterocycles. The number of sulfonamides is 1. The van der Waals surface area contributed by atoms with Crippen molar-refractivity contribution >= 4 is 10.0 Å². The number of benzene rings is 1. The van der Waals surface area contributed by atoms with Gasteiger partial charge in [0.25, 0.3) is 0 Å². The second-order valence-corrected chi connectivity index (χ2v) is 6.85. The molecule has 0 bridgehead atoms. The van der Waals surface area contributed by atoms with E-state index in [1.54, 1.807) is 37.5 Å². The first-order chi connectivity index (χ1) is 9.92. The van der Waals surface area contributed by atoms with Crippen LogP contribution in [0.3, 0.4) is 0 Å². The Labute approximate surface area is 125 Å². The number of rotatable bonds is 6. The van der Waals surface area contributed by atoms with E-state index in [1.807, 2.05) is 31.1 Å². The zero-order valence-corrected chi connectivity index (χ0v) is 13.2. The SMILES string of the molecule is Cc1ccccc1S(=O)(=O)NCC(c1ccco1)N(C)C. The molecule has 0 aliphatic rings. The van der Waals surface area contributed by atoms with E-state index in [-0.39, 0.29) is 12.6 Å². The van der Waals surface area contributed by atoms with Crippen LogP contribution in [0.15, 0.2) is 52.0 Å². The third kappa shape index (κ3) is 3.72. The van der Waals surface area contributed by atoms with Gasteiger partial charge in [-0.1, -0.05) is 18.2 Å². The van der Waals surface area contributed by atoms with Gasteiger partial charge in [-0.3, -0.25) is 4.90 Å². The van der Waals surface area contributed by atoms with Crippen LogP contribution in [0, 0.1) is 6.92 Å². The summed E-state index contributed by atoms with van der Waals surface area (Å²) in [6.45, 7) is 2.03. The normalized spacial score (nSPS) is 13.5. The molecule has 1 N–H and O–H groups in total. The molecule has 1 unspecified atom stereocenters. The maximum Gasteiger partial charge on any atom is 0.240 e. The highest BCUT2D eigenvalue weighted by Crippen LogP contribution is 2.19. The highest BCUT2D eigenvalue weighted by atomic mass is 32.2. The quantitative estimate of drug-likeness (QED) is 0.888. The Balaban J connectivity index is 2.16. The van der Waals surface area contributed by atoms with Crippen molar-refractivity contribution in [2.45, 2.75) is 17.9 Å². The Kier molecular flexibility index (Phi) is 4.82. The molecule has 6 heteroatoms. The maximum absolute atomic E-state index is 12.4. The first kappa shape index (κ1) is 15.8. The number of furan rings is 1. The Bertz CT molecular complexity index is 679. The molecule has 0 aliphatic carbocycles. The lowest BCUT2D eigenvalue weighted by Crippen LogP contribution is -2.34. The van der Waals surface area contributed by atoms with Gasteiger partial charge in [0.2, 0.25) is 10.0 Å². The monoisotopic (exact) mass is 308 g/mol. The smallest absolute Gasteiger partial charge is 0.240 e. The number of hydrogen-bond acceptors (Lipinski definition) is 4. The second kappa shape index (κ2) is 6.43. The van der Waals surface area contributed by atoms with E-state index < -0.39 is 10.0 Å². The van der Waals surface area contributed by atoms with E-state index in [0.29, 0.717) is 4.90 Å². The molecule has 0 radical (unpaired) electrons. The van der Waals surface area contributed by atoms with Gasteiger partial charge < -0.3 is 4.42 Å². The second-order valence-electron chi connectivity index (χ2n) is 5.11. The summed E-state index contributed by atoms with van der Waals surface area (Å²) in [6, 6.07) is 10.4. The van der Waals surface area contributed by atoms with Gasteiger partial charge in [0, 0.05) is 6.54 Å². The topological polar surface area (TPSA) is 62.6 Å². The van der Waals surface area contributed by atoms with Gasteiger partial charge in [-0.2, -0.15) is 0 Å². The third-order valence-electron chi connectivity index (χ3n) is 3.34. The minimum Gasteiger partial charge on any atom is -0.468 e. The van der Waals surface area contributed by atoms with Crippen molar-refractivity contribution in [1.29, 1.82) is 0 Å². The number of aryl methyl sites for hydroxylation is 1. The molecule has 5 nitrogen and oxygen atoms in total. The first-order valence-electron chi connectivity index (χ1n) is 6.67. The summed E-state index contributed by atoms with van der Waals surface area (Å²) < 4.78 is 32.8. The van der Waals surface area contributed by atoms with Crippen LogP contribution in [0.1, 0.15) is 17.4 Å². The summed E-state index contributed by atoms with van der Waals surface area (Å²) in [5.41, 5.74) is 0.726. The fraction of sp³-hybridized carbons (Fsp3) is 0.333. The molecule has 114 valence electrons. The van der Waals surface area contributed by atoms with Crippen LogP contribution in [0.5, 0.6) is 0 Å². The van der Waals surface area contributed by atoms with Crippen molar-refractivity contribution in [3.05, 3.63) is 54.0 Å². The minimum atomic E-state index is -3.53. The molecule has 0 aliphatic heterocycles. The van der Waals surface area contributed by atoms with E-state index in [9.17, 15) is 8.42 Å². The largest absolute Gasteiger partial charge is 0.468 e. The van der Waals surface area contributed by atoms with E-state index in [2.05, 4.69) is 4.72 Å². The summed E-state index contributed by atoms with van der Waals surface area (Å²) in [4.78, 5) is 2.22. The van der Waals surface area contributed by atoms with E-state index in [4.69, 9.17) is 4.42 Å². The van der Waals surface area contributed by atoms with Gasteiger partial charge in [0.05, 0.1) is 17.2 Å². The number of hydrogen-bond donors (Lipinski definition) is 1. The van der Waals surface area contributed by atoms with Crippen LogP contribution < -0.4 is 4.72 Å². The van der Waals surface area contributed by atoms with Crippen molar-refractivity contribution in [3.63, 3.8) is 0 Å². The Morgan fingerprint density at radius 2 is 1.90 bits per heavy atom. The molecular weight excluding hydrogens is 288 g/mol. The molecular formula is C15H20N2O3S. The maximum atomic E-state index is 12.4. The van der Waals surface area contributed by atoms with Crippen molar-refractivity contribution in [1.82, 2.24) is 9.62 Å². The van der Waals surface area contributed by atoms with Crippen LogP contribution in [-0.2, 0) is 10.0 Å². The molecule has 2 rings (SSSR count). The fourth-order valence-electron chi connectivity index (χ4n) is 2.14. The summed E-state index contributed by atoms with van der Waals surface area (Å²) >= 11 is 0. The molecule has 0 spiro atoms. The lowest BCUT2D eigenvalue weighted by Gasteiger charge is -2.22. The third-order valence-corrected chi connectivity index (χ3v) is 4.93. The molecule has 1 heterocycles. The van der Waals surface area contributed by atoms with E-state index >= 15 is 0 Å². The predicted molar refractivity (Wildman–Crippen MR) is 81.5 cm³/mol. The van der Waals surface area contributed by atoms with Crippen LogP contribution >= 0.6 is 0 Å². The van der Waals surface area contributed by atoms with Crippen molar-refractivity contribution in [2.75, 3.05) is 20.6 Å². The van der Waals surface area contributed by atoms with E-state index in [0.717, 1.165) is 11.3 Å². The summed E-state index contributed by atoms with van der Waals surface area (Å²) in [6.07, 6.45) is 1.58. The number of nitrogens with zero attached hydrogens (tertiary/aromatic N) is 1. The van der Waals surface area contributed by atoms with Gasteiger partial charge >= 0.3 is 0 Å². The Hall–Kier alpha value is -1.63. The van der Waals surface area contributed by atoms with Gasteiger partial charge in [-0.05, 0) is 44.8 Å². The summed E-state index contributed by atoms with van der Waals surface area (Å²) in [5, 5.41) is 0. The lowest BCUT2D eigenvalue weighted by molar-refractivity contribution is 0.259. The lowest BCUT2D eigenvalue weighted by atomic mass is 10.2. The van der Waals surface area contributed by atoms with Crippen molar-refractivity contribution < 1.29 is 12.8 Å². The molecule has 0 fully saturated rings. The highest BCUT2D eigenvalue weighted by Gasteiger charge is 2.22. The average Bonchev–Trinajstić information content (AvgIpc) is 2.92. The highest BCUT2D eigenvalue weighted by molar-refractivity contribution is 7.89. The summed E-state index contributed by atoms with van der Waals surface area (Å²) in [7, 11) is 0.239. The number of likely N-dealkylation sites (N-methyl/N-ethyl adjacent to an activating group) is 1. The zero-order chi connectivity index (χ0) is 15.5. The number of nitrogens with one attached hydrogen (secondary N) is 1. The van der Waals surface area contributed by atoms with Gasteiger partial charge in [-0.25, -0.2) is 13.1 Å². The van der Waals surface area contributed by atoms with Crippen molar-refractivity contribution in [2.24, 2.45) is 0 Å². The van der Waals surface area contributed by atoms with Gasteiger partial charge in [0.15, 0.2) is 0 Å². The fourth-order valence-corrected chi connectivity index (χ4v) is 3.43. The summed E-state index contributed by atoms with van der Waals surface area (Å²) in [5.74, 6) is 0.729. The van der Waals surface area contributed by atoms with E-state index in [1.165, 1.54) is 0 Å². The van der Waals surface area contributed by atoms with Gasteiger partial charge in [0.1, 0.15) is 5.76 Å². The molecule has 0 saturated heterocycles. The molecule has 1 atom stereocenters. The molecule has 0 amide bonds. The van der Waals surface area contributed by atoms with Gasteiger partial charge in [-0.15, -0.1) is 0 Å². The minimum absolute atomic E-state index is 0.154. The van der Waals surface area contributed by atoms with Crippen LogP contribution in [-0.4, -0.2) is 34.0 Å².